The highest BCUT2D eigenvalue weighted by Gasteiger charge is 2.63. The topological polar surface area (TPSA) is 85.1 Å². The van der Waals surface area contributed by atoms with Crippen LogP contribution in [0.25, 0.3) is 5.43 Å². The summed E-state index contributed by atoms with van der Waals surface area (Å²) in [4.78, 5) is 13.8. The zero-order chi connectivity index (χ0) is 28.5. The molecule has 0 aromatic heterocycles. The molecule has 0 unspecified atom stereocenters. The molecule has 4 saturated carbocycles. The van der Waals surface area contributed by atoms with E-state index in [0.29, 0.717) is 35.0 Å². The van der Waals surface area contributed by atoms with Crippen LogP contribution in [0.1, 0.15) is 71.6 Å². The van der Waals surface area contributed by atoms with Crippen molar-refractivity contribution in [2.75, 3.05) is 25.3 Å². The van der Waals surface area contributed by atoms with Crippen molar-refractivity contribution in [2.24, 2.45) is 40.4 Å². The van der Waals surface area contributed by atoms with E-state index in [9.17, 15) is 23.1 Å². The molecule has 8 atom stereocenters. The molecule has 7 nitrogen and oxygen atoms in total. The number of carbonyl (C=O) groups is 1. The number of ether oxygens (including phenoxy) is 2. The van der Waals surface area contributed by atoms with Crippen LogP contribution in [-0.4, -0.2) is 43.1 Å². The van der Waals surface area contributed by atoms with Crippen molar-refractivity contribution in [1.29, 1.82) is 0 Å². The van der Waals surface area contributed by atoms with Crippen molar-refractivity contribution >= 4 is 17.2 Å². The normalized spacial score (nSPS) is 40.5. The van der Waals surface area contributed by atoms with Crippen LogP contribution in [0.5, 0.6) is 5.75 Å². The lowest BCUT2D eigenvalue weighted by atomic mass is 9.43. The second kappa shape index (κ2) is 9.76. The van der Waals surface area contributed by atoms with Gasteiger partial charge in [-0.1, -0.05) is 12.6 Å². The number of Topliss-reactive ketones (excluding diaryl/α,β-unsaturated/α-hetero) is 1. The molecule has 0 amide bonds. The minimum absolute atomic E-state index is 0.0553. The molecular weight excluding hydrogens is 523 g/mol. The van der Waals surface area contributed by atoms with Crippen LogP contribution in [0.3, 0.4) is 0 Å². The van der Waals surface area contributed by atoms with Gasteiger partial charge in [-0.2, -0.15) is 0 Å². The number of nitrogens with one attached hydrogen (secondary N) is 1. The summed E-state index contributed by atoms with van der Waals surface area (Å²) in [6.45, 7) is 5.17. The predicted molar refractivity (Wildman–Crippen MR) is 144 cm³/mol. The molecule has 2 N–H and O–H groups in total. The first-order valence-corrected chi connectivity index (χ1v) is 14.7. The van der Waals surface area contributed by atoms with E-state index in [1.54, 1.807) is 12.1 Å². The SMILES string of the molecule is COC[C@]12CC[C@@](C)(O)C[C@@H]1CC[C@H]1[C@@H]3CC[C@H](C(=O)CN4N[N-]c5cc(OC(F)(F)F)ccc54)[C@@]3(C)CC[C@@H]12. The van der Waals surface area contributed by atoms with Gasteiger partial charge in [-0.3, -0.25) is 4.79 Å². The molecule has 5 aliphatic rings. The number of ketones is 1. The van der Waals surface area contributed by atoms with Gasteiger partial charge < -0.3 is 30.5 Å². The second-order valence-corrected chi connectivity index (χ2v) is 13.7. The van der Waals surface area contributed by atoms with Gasteiger partial charge in [-0.15, -0.1) is 13.2 Å². The Balaban J connectivity index is 1.16. The molecule has 4 aliphatic carbocycles. The summed E-state index contributed by atoms with van der Waals surface area (Å²) in [6.07, 6.45) is 4.18. The number of fused-ring (bicyclic) bond motifs is 6. The number of alkyl halides is 3. The van der Waals surface area contributed by atoms with Gasteiger partial charge in [0.25, 0.3) is 0 Å². The summed E-state index contributed by atoms with van der Waals surface area (Å²) >= 11 is 0. The van der Waals surface area contributed by atoms with Gasteiger partial charge >= 0.3 is 6.36 Å². The average Bonchev–Trinajstić information content (AvgIpc) is 3.43. The fourth-order valence-electron chi connectivity index (χ4n) is 9.88. The van der Waals surface area contributed by atoms with Crippen molar-refractivity contribution in [3.8, 4) is 5.75 Å². The lowest BCUT2D eigenvalue weighted by Gasteiger charge is -2.62. The van der Waals surface area contributed by atoms with Gasteiger partial charge in [-0.25, -0.2) is 0 Å². The van der Waals surface area contributed by atoms with Gasteiger partial charge in [0.1, 0.15) is 5.75 Å². The molecule has 1 heterocycles. The van der Waals surface area contributed by atoms with Crippen molar-refractivity contribution < 1.29 is 32.5 Å². The highest BCUT2D eigenvalue weighted by atomic mass is 19.4. The number of benzene rings is 1. The number of aliphatic hydroxyl groups is 1. The lowest BCUT2D eigenvalue weighted by molar-refractivity contribution is -0.274. The zero-order valence-electron chi connectivity index (χ0n) is 23.6. The van der Waals surface area contributed by atoms with E-state index in [2.05, 4.69) is 22.6 Å². The van der Waals surface area contributed by atoms with E-state index in [0.717, 1.165) is 64.4 Å². The van der Waals surface area contributed by atoms with Crippen LogP contribution in [-0.2, 0) is 9.53 Å². The second-order valence-electron chi connectivity index (χ2n) is 13.7. The van der Waals surface area contributed by atoms with Crippen molar-refractivity contribution in [1.82, 2.24) is 5.53 Å². The number of anilines is 1. The van der Waals surface area contributed by atoms with E-state index in [-0.39, 0.29) is 34.8 Å². The maximum absolute atomic E-state index is 13.8. The highest BCUT2D eigenvalue weighted by Crippen LogP contribution is 2.68. The van der Waals surface area contributed by atoms with E-state index < -0.39 is 12.0 Å². The van der Waals surface area contributed by atoms with Crippen LogP contribution < -0.4 is 15.3 Å². The van der Waals surface area contributed by atoms with Gasteiger partial charge in [0.2, 0.25) is 0 Å². The Bertz CT molecular complexity index is 1150. The number of rotatable bonds is 6. The predicted octanol–water partition coefficient (Wildman–Crippen LogP) is 6.44. The van der Waals surface area contributed by atoms with Gasteiger partial charge in [-0.05, 0) is 117 Å². The number of methoxy groups -OCH3 is 1. The first kappa shape index (κ1) is 28.1. The smallest absolute Gasteiger partial charge is 0.573 e. The van der Waals surface area contributed by atoms with Crippen LogP contribution in [0, 0.1) is 40.4 Å². The third kappa shape index (κ3) is 4.67. The number of hydrogen-bond acceptors (Lipinski definition) is 6. The lowest BCUT2D eigenvalue weighted by Crippen LogP contribution is -2.58. The van der Waals surface area contributed by atoms with Gasteiger partial charge in [0, 0.05) is 18.7 Å². The van der Waals surface area contributed by atoms with Crippen molar-refractivity contribution in [2.45, 2.75) is 83.6 Å². The number of halogens is 3. The molecule has 0 bridgehead atoms. The molecule has 0 saturated heterocycles. The molecule has 0 spiro atoms. The van der Waals surface area contributed by atoms with Crippen molar-refractivity contribution in [3.63, 3.8) is 0 Å². The van der Waals surface area contributed by atoms with Crippen LogP contribution in [0.2, 0.25) is 0 Å². The monoisotopic (exact) mass is 564 g/mol. The maximum Gasteiger partial charge on any atom is 0.573 e. The Hall–Kier alpha value is -2.04. The number of hydrogen-bond donors (Lipinski definition) is 2. The molecule has 4 fully saturated rings. The molecule has 40 heavy (non-hydrogen) atoms. The van der Waals surface area contributed by atoms with E-state index >= 15 is 0 Å². The molecule has 0 radical (unpaired) electrons. The molecule has 10 heteroatoms. The average molecular weight is 565 g/mol. The summed E-state index contributed by atoms with van der Waals surface area (Å²) in [7, 11) is 1.81. The summed E-state index contributed by atoms with van der Waals surface area (Å²) in [5.74, 6) is 1.86. The quantitative estimate of drug-likeness (QED) is 0.414. The minimum Gasteiger partial charge on any atom is -0.602 e. The van der Waals surface area contributed by atoms with E-state index in [1.807, 2.05) is 6.92 Å². The minimum atomic E-state index is -4.78. The number of carbonyl (C=O) groups excluding carboxylic acids is 1. The van der Waals surface area contributed by atoms with E-state index in [1.165, 1.54) is 18.2 Å². The Morgan fingerprint density at radius 1 is 1.12 bits per heavy atom. The summed E-state index contributed by atoms with van der Waals surface area (Å²) in [5.41, 5.74) is 7.28. The Morgan fingerprint density at radius 2 is 1.93 bits per heavy atom. The summed E-state index contributed by atoms with van der Waals surface area (Å²) in [6, 6.07) is 3.98. The summed E-state index contributed by atoms with van der Waals surface area (Å²) in [5, 5.41) is 12.5. The zero-order valence-corrected chi connectivity index (χ0v) is 23.6. The molecular formula is C30H41F3N3O4-. The summed E-state index contributed by atoms with van der Waals surface area (Å²) < 4.78 is 47.7. The van der Waals surface area contributed by atoms with Gasteiger partial charge in [0.15, 0.2) is 5.78 Å². The van der Waals surface area contributed by atoms with Crippen LogP contribution in [0.15, 0.2) is 18.2 Å². The fourth-order valence-corrected chi connectivity index (χ4v) is 9.88. The molecule has 1 aromatic rings. The molecule has 222 valence electrons. The van der Waals surface area contributed by atoms with E-state index in [4.69, 9.17) is 4.74 Å². The van der Waals surface area contributed by atoms with Crippen LogP contribution in [0.4, 0.5) is 24.5 Å². The molecule has 1 aliphatic heterocycles. The van der Waals surface area contributed by atoms with Gasteiger partial charge in [0.05, 0.1) is 18.8 Å². The van der Waals surface area contributed by atoms with Crippen molar-refractivity contribution in [3.05, 3.63) is 23.6 Å². The fraction of sp³-hybridized carbons (Fsp3) is 0.767. The van der Waals surface area contributed by atoms with Crippen LogP contribution >= 0.6 is 0 Å². The first-order chi connectivity index (χ1) is 18.9. The third-order valence-corrected chi connectivity index (χ3v) is 11.5. The molecule has 1 aromatic carbocycles. The Morgan fingerprint density at radius 3 is 2.67 bits per heavy atom. The first-order valence-electron chi connectivity index (χ1n) is 14.7. The maximum atomic E-state index is 13.8. The Kier molecular flexibility index (Phi) is 6.86. The highest BCUT2D eigenvalue weighted by molar-refractivity contribution is 5.89. The number of hydrazine groups is 1. The Labute approximate surface area is 234 Å². The standard InChI is InChI=1S/C30H41F3N3O4/c1-27(38)12-13-29(17-39-3)18(15-27)4-6-20-21-7-8-23(28(21,2)11-10-22(20)29)26(37)16-36-25-9-5-19(40-30(31,32)33)14-24(25)34-35-36/h5,9,14,18,20-23,35,38H,4,6-8,10-13,15-17H2,1-3H3/q-1/t18-,20-,21-,22-,23+,27+,28-,29+/m0/s1. The third-order valence-electron chi connectivity index (χ3n) is 11.5. The molecule has 6 rings (SSSR count). The number of nitrogens with zero attached hydrogens (tertiary/aromatic N) is 2. The largest absolute Gasteiger partial charge is 0.602 e.